The van der Waals surface area contributed by atoms with Crippen LogP contribution in [0.1, 0.15) is 226 Å². The van der Waals surface area contributed by atoms with Crippen molar-refractivity contribution in [2.24, 2.45) is 11.7 Å². The average Bonchev–Trinajstić information content (AvgIpc) is 3.02. The zero-order valence-electron chi connectivity index (χ0n) is 30.3. The van der Waals surface area contributed by atoms with Crippen LogP contribution in [0.25, 0.3) is 0 Å². The Kier molecular flexibility index (Phi) is 36.3. The lowest BCUT2D eigenvalue weighted by atomic mass is 9.93. The Balaban J connectivity index is 4.07. The van der Waals surface area contributed by atoms with Gasteiger partial charge in [0, 0.05) is 0 Å². The van der Waals surface area contributed by atoms with Gasteiger partial charge in [-0.3, -0.25) is 4.79 Å². The molecule has 0 aliphatic carbocycles. The first-order valence-electron chi connectivity index (χ1n) is 20.3. The first-order valence-corrected chi connectivity index (χ1v) is 20.3. The highest BCUT2D eigenvalue weighted by molar-refractivity contribution is 5.73. The van der Waals surface area contributed by atoms with Gasteiger partial charge in [0.1, 0.15) is 6.04 Å². The first-order chi connectivity index (χ1) is 21.7. The van der Waals surface area contributed by atoms with Gasteiger partial charge in [0.15, 0.2) is 0 Å². The van der Waals surface area contributed by atoms with E-state index >= 15 is 0 Å². The molecular weight excluding hydrogens is 540 g/mol. The van der Waals surface area contributed by atoms with Crippen LogP contribution >= 0.6 is 0 Å². The van der Waals surface area contributed by atoms with Crippen molar-refractivity contribution in [3.63, 3.8) is 0 Å². The molecule has 264 valence electrons. The molecule has 0 aromatic carbocycles. The van der Waals surface area contributed by atoms with Crippen LogP contribution in [0.3, 0.4) is 0 Å². The lowest BCUT2D eigenvalue weighted by Gasteiger charge is -2.21. The van der Waals surface area contributed by atoms with Crippen molar-refractivity contribution in [3.8, 4) is 0 Å². The highest BCUT2D eigenvalue weighted by atomic mass is 16.4. The van der Waals surface area contributed by atoms with Crippen LogP contribution < -0.4 is 11.1 Å². The fraction of sp³-hybridized carbons (Fsp3) is 0.975. The lowest BCUT2D eigenvalue weighted by molar-refractivity contribution is -0.139. The molecule has 0 aromatic rings. The molecule has 0 aromatic heterocycles. The SMILES string of the molecule is CCCCCCCCCCCCCCCCC(CCCCCCCCCCCCCCCC)CN[C@@H](CCCCN)C(=O)O. The van der Waals surface area contributed by atoms with E-state index in [0.29, 0.717) is 18.9 Å². The highest BCUT2D eigenvalue weighted by Crippen LogP contribution is 2.20. The third kappa shape index (κ3) is 32.8. The summed E-state index contributed by atoms with van der Waals surface area (Å²) in [6.07, 6.45) is 44.2. The summed E-state index contributed by atoms with van der Waals surface area (Å²) in [4.78, 5) is 11.8. The molecule has 4 nitrogen and oxygen atoms in total. The van der Waals surface area contributed by atoms with Gasteiger partial charge in [-0.25, -0.2) is 0 Å². The monoisotopic (exact) mass is 623 g/mol. The van der Waals surface area contributed by atoms with Crippen LogP contribution in [-0.2, 0) is 4.79 Å². The van der Waals surface area contributed by atoms with Crippen LogP contribution in [0.2, 0.25) is 0 Å². The normalized spacial score (nSPS) is 12.4. The number of nitrogens with two attached hydrogens (primary N) is 1. The van der Waals surface area contributed by atoms with Gasteiger partial charge >= 0.3 is 5.97 Å². The molecule has 0 amide bonds. The molecule has 4 heteroatoms. The molecule has 0 unspecified atom stereocenters. The van der Waals surface area contributed by atoms with Gasteiger partial charge in [-0.1, -0.05) is 200 Å². The van der Waals surface area contributed by atoms with E-state index in [9.17, 15) is 9.90 Å². The van der Waals surface area contributed by atoms with Gasteiger partial charge in [0.2, 0.25) is 0 Å². The predicted octanol–water partition coefficient (Wildman–Crippen LogP) is 12.5. The number of carboxylic acid groups (broad SMARTS) is 1. The predicted molar refractivity (Wildman–Crippen MR) is 196 cm³/mol. The van der Waals surface area contributed by atoms with Gasteiger partial charge in [0.25, 0.3) is 0 Å². The molecule has 0 saturated heterocycles. The van der Waals surface area contributed by atoms with Gasteiger partial charge < -0.3 is 16.2 Å². The molecule has 0 aliphatic heterocycles. The summed E-state index contributed by atoms with van der Waals surface area (Å²) >= 11 is 0. The van der Waals surface area contributed by atoms with E-state index in [2.05, 4.69) is 19.2 Å². The second-order valence-corrected chi connectivity index (χ2v) is 14.2. The van der Waals surface area contributed by atoms with Crippen molar-refractivity contribution in [1.29, 1.82) is 0 Å². The summed E-state index contributed by atoms with van der Waals surface area (Å²) in [5.41, 5.74) is 5.63. The van der Waals surface area contributed by atoms with E-state index in [1.165, 1.54) is 193 Å². The van der Waals surface area contributed by atoms with Crippen LogP contribution in [-0.4, -0.2) is 30.2 Å². The number of unbranched alkanes of at least 4 members (excludes halogenated alkanes) is 27. The number of hydrogen-bond acceptors (Lipinski definition) is 3. The Labute approximate surface area is 277 Å². The second-order valence-electron chi connectivity index (χ2n) is 14.2. The summed E-state index contributed by atoms with van der Waals surface area (Å²) in [5, 5.41) is 13.1. The molecule has 1 atom stereocenters. The van der Waals surface area contributed by atoms with Crippen molar-refractivity contribution >= 4 is 5.97 Å². The molecule has 0 radical (unpaired) electrons. The van der Waals surface area contributed by atoms with E-state index in [4.69, 9.17) is 5.73 Å². The summed E-state index contributed by atoms with van der Waals surface area (Å²) in [6.45, 7) is 6.09. The minimum Gasteiger partial charge on any atom is -0.480 e. The van der Waals surface area contributed by atoms with Crippen LogP contribution in [0.5, 0.6) is 0 Å². The molecule has 0 saturated carbocycles. The standard InChI is InChI=1S/C40H82N2O2/c1-3-5-7-9-11-13-15-17-19-21-23-25-27-29-33-38(37-42-39(40(43)44)35-31-32-36-41)34-30-28-26-24-22-20-18-16-14-12-10-8-6-4-2/h38-39,42H,3-37,41H2,1-2H3,(H,43,44)/t39-/m0/s1. The zero-order chi connectivity index (χ0) is 32.2. The highest BCUT2D eigenvalue weighted by Gasteiger charge is 2.18. The molecule has 0 fully saturated rings. The van der Waals surface area contributed by atoms with E-state index in [-0.39, 0.29) is 0 Å². The fourth-order valence-corrected chi connectivity index (χ4v) is 6.72. The van der Waals surface area contributed by atoms with Crippen molar-refractivity contribution < 1.29 is 9.90 Å². The summed E-state index contributed by atoms with van der Waals surface area (Å²) in [7, 11) is 0. The maximum absolute atomic E-state index is 11.8. The van der Waals surface area contributed by atoms with Crippen molar-refractivity contribution in [3.05, 3.63) is 0 Å². The van der Waals surface area contributed by atoms with Gasteiger partial charge in [-0.2, -0.15) is 0 Å². The molecule has 0 rings (SSSR count). The number of carboxylic acids is 1. The molecule has 4 N–H and O–H groups in total. The van der Waals surface area contributed by atoms with Crippen LogP contribution in [0.4, 0.5) is 0 Å². The average molecular weight is 623 g/mol. The van der Waals surface area contributed by atoms with Crippen molar-refractivity contribution in [1.82, 2.24) is 5.32 Å². The number of hydrogen-bond donors (Lipinski definition) is 3. The van der Waals surface area contributed by atoms with E-state index in [1.807, 2.05) is 0 Å². The largest absolute Gasteiger partial charge is 0.480 e. The summed E-state index contributed by atoms with van der Waals surface area (Å²) in [5.74, 6) is -0.0882. The Morgan fingerprint density at radius 2 is 0.773 bits per heavy atom. The summed E-state index contributed by atoms with van der Waals surface area (Å²) in [6, 6.07) is -0.420. The summed E-state index contributed by atoms with van der Waals surface area (Å²) < 4.78 is 0. The zero-order valence-corrected chi connectivity index (χ0v) is 30.3. The van der Waals surface area contributed by atoms with Crippen molar-refractivity contribution in [2.45, 2.75) is 232 Å². The quantitative estimate of drug-likeness (QED) is 0.0599. The Morgan fingerprint density at radius 3 is 1.07 bits per heavy atom. The van der Waals surface area contributed by atoms with Crippen LogP contribution in [0.15, 0.2) is 0 Å². The van der Waals surface area contributed by atoms with Crippen LogP contribution in [0, 0.1) is 5.92 Å². The minimum atomic E-state index is -0.700. The maximum Gasteiger partial charge on any atom is 0.320 e. The fourth-order valence-electron chi connectivity index (χ4n) is 6.72. The number of nitrogens with one attached hydrogen (secondary N) is 1. The van der Waals surface area contributed by atoms with E-state index in [0.717, 1.165) is 19.4 Å². The molecule has 0 spiro atoms. The minimum absolute atomic E-state index is 0.420. The van der Waals surface area contributed by atoms with Gasteiger partial charge in [0.05, 0.1) is 0 Å². The first kappa shape index (κ1) is 43.4. The number of rotatable bonds is 38. The van der Waals surface area contributed by atoms with E-state index in [1.54, 1.807) is 0 Å². The maximum atomic E-state index is 11.8. The number of carbonyl (C=O) groups is 1. The van der Waals surface area contributed by atoms with Crippen molar-refractivity contribution in [2.75, 3.05) is 13.1 Å². The third-order valence-electron chi connectivity index (χ3n) is 9.83. The smallest absolute Gasteiger partial charge is 0.320 e. The Morgan fingerprint density at radius 1 is 0.477 bits per heavy atom. The Hall–Kier alpha value is -0.610. The molecule has 0 aliphatic rings. The number of aliphatic carboxylic acids is 1. The Bertz CT molecular complexity index is 523. The third-order valence-corrected chi connectivity index (χ3v) is 9.83. The van der Waals surface area contributed by atoms with Gasteiger partial charge in [-0.05, 0) is 44.7 Å². The van der Waals surface area contributed by atoms with E-state index < -0.39 is 12.0 Å². The van der Waals surface area contributed by atoms with Gasteiger partial charge in [-0.15, -0.1) is 0 Å². The topological polar surface area (TPSA) is 75.3 Å². The second kappa shape index (κ2) is 36.9. The lowest BCUT2D eigenvalue weighted by Crippen LogP contribution is -2.39. The molecule has 0 bridgehead atoms. The molecule has 44 heavy (non-hydrogen) atoms. The molecule has 0 heterocycles. The molecular formula is C40H82N2O2.